The minimum atomic E-state index is 0.261. The van der Waals surface area contributed by atoms with Gasteiger partial charge in [0.05, 0.1) is 6.61 Å². The second-order valence-corrected chi connectivity index (χ2v) is 7.33. The average Bonchev–Trinajstić information content (AvgIpc) is 2.36. The molecular formula is C14H28BNO. The molecule has 3 heteroatoms. The summed E-state index contributed by atoms with van der Waals surface area (Å²) >= 11 is 0. The molecule has 98 valence electrons. The summed E-state index contributed by atoms with van der Waals surface area (Å²) in [6.45, 7) is 5.69. The van der Waals surface area contributed by atoms with E-state index in [2.05, 4.69) is 33.6 Å². The zero-order valence-electron chi connectivity index (χ0n) is 12.3. The minimum Gasteiger partial charge on any atom is -0.383 e. The summed E-state index contributed by atoms with van der Waals surface area (Å²) in [4.78, 5) is 2.61. The van der Waals surface area contributed by atoms with Crippen LogP contribution in [0.4, 0.5) is 0 Å². The predicted octanol–water partition coefficient (Wildman–Crippen LogP) is 2.10. The second-order valence-electron chi connectivity index (χ2n) is 7.33. The van der Waals surface area contributed by atoms with E-state index >= 15 is 0 Å². The second kappa shape index (κ2) is 4.58. The van der Waals surface area contributed by atoms with Crippen molar-refractivity contribution in [1.29, 1.82) is 0 Å². The Bertz CT molecular complexity index is 281. The molecule has 2 aliphatic rings. The summed E-state index contributed by atoms with van der Waals surface area (Å²) < 4.78 is 5.45. The maximum absolute atomic E-state index is 5.45. The number of likely N-dealkylation sites (tertiary alicyclic amines) is 1. The maximum atomic E-state index is 5.45. The fraction of sp³-hybridized carbons (Fsp3) is 1.00. The molecule has 1 aliphatic heterocycles. The van der Waals surface area contributed by atoms with Gasteiger partial charge in [0, 0.05) is 18.7 Å². The van der Waals surface area contributed by atoms with E-state index in [0.29, 0.717) is 5.31 Å². The maximum Gasteiger partial charge on any atom is 0.109 e. The number of fused-ring (bicyclic) bond motifs is 1. The highest BCUT2D eigenvalue weighted by atomic mass is 16.5. The number of hydrogen-bond donors (Lipinski definition) is 0. The molecule has 1 heterocycles. The molecular weight excluding hydrogens is 209 g/mol. The van der Waals surface area contributed by atoms with Crippen molar-refractivity contribution < 1.29 is 4.74 Å². The summed E-state index contributed by atoms with van der Waals surface area (Å²) in [6, 6.07) is 0.789. The molecule has 0 spiro atoms. The van der Waals surface area contributed by atoms with Gasteiger partial charge in [0.25, 0.3) is 0 Å². The monoisotopic (exact) mass is 237 g/mol. The van der Waals surface area contributed by atoms with Gasteiger partial charge in [0.2, 0.25) is 0 Å². The van der Waals surface area contributed by atoms with Crippen molar-refractivity contribution in [3.05, 3.63) is 0 Å². The molecule has 17 heavy (non-hydrogen) atoms. The lowest BCUT2D eigenvalue weighted by atomic mass is 9.63. The summed E-state index contributed by atoms with van der Waals surface area (Å²) in [6.07, 6.45) is 6.87. The highest BCUT2D eigenvalue weighted by molar-refractivity contribution is 6.14. The highest BCUT2D eigenvalue weighted by Crippen LogP contribution is 2.49. The van der Waals surface area contributed by atoms with Crippen LogP contribution in [0, 0.1) is 5.92 Å². The van der Waals surface area contributed by atoms with Gasteiger partial charge in [0.15, 0.2) is 0 Å². The van der Waals surface area contributed by atoms with E-state index in [-0.39, 0.29) is 5.54 Å². The Morgan fingerprint density at radius 2 is 2.06 bits per heavy atom. The van der Waals surface area contributed by atoms with Crippen molar-refractivity contribution in [3.8, 4) is 0 Å². The van der Waals surface area contributed by atoms with Gasteiger partial charge in [-0.1, -0.05) is 31.5 Å². The molecule has 0 radical (unpaired) electrons. The topological polar surface area (TPSA) is 12.5 Å². The van der Waals surface area contributed by atoms with Crippen LogP contribution in [-0.4, -0.2) is 45.1 Å². The van der Waals surface area contributed by atoms with Crippen LogP contribution in [0.5, 0.6) is 0 Å². The van der Waals surface area contributed by atoms with Crippen molar-refractivity contribution in [2.75, 3.05) is 20.8 Å². The summed E-state index contributed by atoms with van der Waals surface area (Å²) in [7, 11) is 6.58. The Morgan fingerprint density at radius 3 is 2.71 bits per heavy atom. The zero-order valence-corrected chi connectivity index (χ0v) is 12.3. The smallest absolute Gasteiger partial charge is 0.109 e. The van der Waals surface area contributed by atoms with E-state index < -0.39 is 0 Å². The SMILES string of the molecule is BC1(C)CCCC2[C@H](C1)CC(C)(COC)N2C. The standard InChI is InChI=1S/C14H28BNO/c1-13(15)7-5-6-12-11(8-13)9-14(2,10-17-4)16(12)3/h11-12H,5-10,15H2,1-4H3/t11-,12?,13?,14?/m1/s1. The van der Waals surface area contributed by atoms with E-state index in [9.17, 15) is 0 Å². The van der Waals surface area contributed by atoms with Crippen LogP contribution in [0.15, 0.2) is 0 Å². The van der Waals surface area contributed by atoms with Crippen LogP contribution in [0.2, 0.25) is 5.31 Å². The third kappa shape index (κ3) is 2.55. The summed E-state index contributed by atoms with van der Waals surface area (Å²) in [5.41, 5.74) is 0.261. The van der Waals surface area contributed by atoms with Gasteiger partial charge in [-0.05, 0) is 32.7 Å². The van der Waals surface area contributed by atoms with Crippen LogP contribution < -0.4 is 0 Å². The van der Waals surface area contributed by atoms with Gasteiger partial charge in [-0.3, -0.25) is 4.90 Å². The van der Waals surface area contributed by atoms with Gasteiger partial charge in [-0.25, -0.2) is 0 Å². The van der Waals surface area contributed by atoms with Gasteiger partial charge >= 0.3 is 0 Å². The molecule has 0 aromatic rings. The first-order chi connectivity index (χ1) is 7.88. The molecule has 1 aliphatic carbocycles. The van der Waals surface area contributed by atoms with Crippen molar-refractivity contribution in [3.63, 3.8) is 0 Å². The molecule has 0 bridgehead atoms. The van der Waals surface area contributed by atoms with Crippen molar-refractivity contribution >= 4 is 7.85 Å². The summed E-state index contributed by atoms with van der Waals surface area (Å²) in [5.74, 6) is 0.873. The van der Waals surface area contributed by atoms with E-state index in [1.54, 1.807) is 0 Å². The largest absolute Gasteiger partial charge is 0.383 e. The van der Waals surface area contributed by atoms with Crippen LogP contribution in [0.25, 0.3) is 0 Å². The average molecular weight is 237 g/mol. The predicted molar refractivity (Wildman–Crippen MR) is 75.3 cm³/mol. The van der Waals surface area contributed by atoms with E-state index in [0.717, 1.165) is 18.6 Å². The Labute approximate surface area is 107 Å². The van der Waals surface area contributed by atoms with Crippen molar-refractivity contribution in [1.82, 2.24) is 4.90 Å². The quantitative estimate of drug-likeness (QED) is 0.682. The number of likely N-dealkylation sites (N-methyl/N-ethyl adjacent to an activating group) is 1. The van der Waals surface area contributed by atoms with Crippen LogP contribution in [-0.2, 0) is 4.74 Å². The van der Waals surface area contributed by atoms with E-state index in [1.807, 2.05) is 7.11 Å². The molecule has 4 atom stereocenters. The Morgan fingerprint density at radius 1 is 1.35 bits per heavy atom. The lowest BCUT2D eigenvalue weighted by Crippen LogP contribution is -2.45. The van der Waals surface area contributed by atoms with Crippen molar-refractivity contribution in [2.45, 2.75) is 62.8 Å². The number of methoxy groups -OCH3 is 1. The molecule has 2 rings (SSSR count). The molecule has 0 aromatic carbocycles. The molecule has 0 amide bonds. The van der Waals surface area contributed by atoms with Gasteiger partial charge in [-0.2, -0.15) is 0 Å². The molecule has 1 saturated heterocycles. The van der Waals surface area contributed by atoms with Crippen LogP contribution >= 0.6 is 0 Å². The molecule has 0 N–H and O–H groups in total. The number of rotatable bonds is 2. The fourth-order valence-corrected chi connectivity index (χ4v) is 4.27. The van der Waals surface area contributed by atoms with Gasteiger partial charge < -0.3 is 4.74 Å². The third-order valence-corrected chi connectivity index (χ3v) is 5.22. The molecule has 0 aromatic heterocycles. The highest BCUT2D eigenvalue weighted by Gasteiger charge is 2.48. The molecule has 1 saturated carbocycles. The Kier molecular flexibility index (Phi) is 3.62. The van der Waals surface area contributed by atoms with E-state index in [1.165, 1.54) is 32.1 Å². The Balaban J connectivity index is 2.14. The molecule has 2 nitrogen and oxygen atoms in total. The van der Waals surface area contributed by atoms with E-state index in [4.69, 9.17) is 4.74 Å². The van der Waals surface area contributed by atoms with Crippen LogP contribution in [0.3, 0.4) is 0 Å². The first-order valence-electron chi connectivity index (χ1n) is 7.10. The fourth-order valence-electron chi connectivity index (χ4n) is 4.27. The zero-order chi connectivity index (χ0) is 12.7. The number of hydrogen-bond acceptors (Lipinski definition) is 2. The number of nitrogens with zero attached hydrogens (tertiary/aromatic N) is 1. The van der Waals surface area contributed by atoms with Crippen molar-refractivity contribution in [2.24, 2.45) is 5.92 Å². The molecule has 3 unspecified atom stereocenters. The lowest BCUT2D eigenvalue weighted by Gasteiger charge is -2.34. The first kappa shape index (κ1) is 13.4. The van der Waals surface area contributed by atoms with Gasteiger partial charge in [-0.15, -0.1) is 0 Å². The Hall–Kier alpha value is -0.0151. The molecule has 2 fully saturated rings. The first-order valence-corrected chi connectivity index (χ1v) is 7.10. The third-order valence-electron chi connectivity index (χ3n) is 5.22. The minimum absolute atomic E-state index is 0.261. The lowest BCUT2D eigenvalue weighted by molar-refractivity contribution is 0.0478. The van der Waals surface area contributed by atoms with Crippen LogP contribution in [0.1, 0.15) is 46.0 Å². The number of ether oxygens (including phenoxy) is 1. The summed E-state index contributed by atoms with van der Waals surface area (Å²) in [5, 5.41) is 0.540. The normalized spacial score (nSPS) is 47.8. The van der Waals surface area contributed by atoms with Gasteiger partial charge in [0.1, 0.15) is 7.85 Å².